The first-order chi connectivity index (χ1) is 8.91. The molecule has 1 aromatic carbocycles. The van der Waals surface area contributed by atoms with Gasteiger partial charge in [-0.2, -0.15) is 24.9 Å². The number of nitrogen functional groups attached to an aromatic ring is 1. The number of nitrogens with one attached hydrogen (secondary N) is 1. The number of benzene rings is 1. The topological polar surface area (TPSA) is 38.0 Å². The van der Waals surface area contributed by atoms with Gasteiger partial charge in [0.15, 0.2) is 0 Å². The van der Waals surface area contributed by atoms with Crippen molar-refractivity contribution in [2.24, 2.45) is 0 Å². The Labute approximate surface area is 114 Å². The normalized spacial score (nSPS) is 23.6. The van der Waals surface area contributed by atoms with Gasteiger partial charge in [0, 0.05) is 11.3 Å². The molecule has 0 heterocycles. The van der Waals surface area contributed by atoms with E-state index in [9.17, 15) is 13.2 Å². The van der Waals surface area contributed by atoms with Gasteiger partial charge in [0.25, 0.3) is 0 Å². The Kier molecular flexibility index (Phi) is 4.18. The van der Waals surface area contributed by atoms with E-state index in [1.165, 1.54) is 6.07 Å². The summed E-state index contributed by atoms with van der Waals surface area (Å²) >= 11 is 1.79. The second kappa shape index (κ2) is 5.53. The van der Waals surface area contributed by atoms with E-state index in [2.05, 4.69) is 11.6 Å². The summed E-state index contributed by atoms with van der Waals surface area (Å²) in [7, 11) is 0. The van der Waals surface area contributed by atoms with Gasteiger partial charge in [0.2, 0.25) is 0 Å². The third-order valence-electron chi connectivity index (χ3n) is 3.48. The molecule has 1 fully saturated rings. The summed E-state index contributed by atoms with van der Waals surface area (Å²) in [6, 6.07) is 3.77. The number of hydrogen-bond acceptors (Lipinski definition) is 3. The van der Waals surface area contributed by atoms with Crippen molar-refractivity contribution in [2.75, 3.05) is 17.3 Å². The molecule has 1 aliphatic carbocycles. The van der Waals surface area contributed by atoms with Crippen LogP contribution in [-0.2, 0) is 6.18 Å². The number of hydrogen-bond donors (Lipinski definition) is 2. The average Bonchev–Trinajstić information content (AvgIpc) is 2.77. The largest absolute Gasteiger partial charge is 0.416 e. The molecule has 0 spiro atoms. The van der Waals surface area contributed by atoms with Crippen LogP contribution in [0.3, 0.4) is 0 Å². The highest BCUT2D eigenvalue weighted by Crippen LogP contribution is 2.35. The second-order valence-electron chi connectivity index (χ2n) is 4.76. The molecule has 1 aliphatic rings. The fourth-order valence-corrected chi connectivity index (χ4v) is 3.38. The third kappa shape index (κ3) is 3.29. The van der Waals surface area contributed by atoms with Gasteiger partial charge in [-0.05, 0) is 37.3 Å². The summed E-state index contributed by atoms with van der Waals surface area (Å²) in [5.41, 5.74) is 5.76. The second-order valence-corrected chi connectivity index (χ2v) is 5.83. The fourth-order valence-electron chi connectivity index (χ4n) is 2.44. The predicted octanol–water partition coefficient (Wildman–Crippen LogP) is 3.98. The first-order valence-corrected chi connectivity index (χ1v) is 7.46. The van der Waals surface area contributed by atoms with Gasteiger partial charge in [0.05, 0.1) is 16.9 Å². The maximum Gasteiger partial charge on any atom is 0.416 e. The maximum absolute atomic E-state index is 12.5. The molecule has 0 radical (unpaired) electrons. The van der Waals surface area contributed by atoms with E-state index in [1.807, 2.05) is 0 Å². The standard InChI is InChI=1S/C13H17F3N2S/c1-19-12-4-2-3-11(12)18-10-6-5-8(7-9(10)17)13(14,15)16/h5-7,11-12,18H,2-4,17H2,1H3. The molecule has 19 heavy (non-hydrogen) atoms. The quantitative estimate of drug-likeness (QED) is 0.827. The molecule has 6 heteroatoms. The van der Waals surface area contributed by atoms with Crippen molar-refractivity contribution in [1.29, 1.82) is 0 Å². The zero-order valence-corrected chi connectivity index (χ0v) is 11.4. The molecule has 2 rings (SSSR count). The maximum atomic E-state index is 12.5. The Morgan fingerprint density at radius 2 is 2.05 bits per heavy atom. The van der Waals surface area contributed by atoms with Gasteiger partial charge in [-0.1, -0.05) is 6.42 Å². The Balaban J connectivity index is 2.13. The minimum Gasteiger partial charge on any atom is -0.397 e. The summed E-state index contributed by atoms with van der Waals surface area (Å²) in [5, 5.41) is 3.78. The Morgan fingerprint density at radius 3 is 2.63 bits per heavy atom. The van der Waals surface area contributed by atoms with E-state index in [4.69, 9.17) is 5.73 Å². The summed E-state index contributed by atoms with van der Waals surface area (Å²) in [6.07, 6.45) is 1.03. The van der Waals surface area contributed by atoms with Crippen molar-refractivity contribution in [2.45, 2.75) is 36.7 Å². The molecule has 1 aromatic rings. The Morgan fingerprint density at radius 1 is 1.32 bits per heavy atom. The van der Waals surface area contributed by atoms with Crippen LogP contribution in [0.15, 0.2) is 18.2 Å². The lowest BCUT2D eigenvalue weighted by Gasteiger charge is -2.22. The third-order valence-corrected chi connectivity index (χ3v) is 4.64. The van der Waals surface area contributed by atoms with Crippen molar-refractivity contribution < 1.29 is 13.2 Å². The fraction of sp³-hybridized carbons (Fsp3) is 0.538. The summed E-state index contributed by atoms with van der Waals surface area (Å²) < 4.78 is 37.6. The van der Waals surface area contributed by atoms with E-state index < -0.39 is 11.7 Å². The molecule has 106 valence electrons. The molecule has 1 saturated carbocycles. The van der Waals surface area contributed by atoms with Crippen LogP contribution in [0.4, 0.5) is 24.5 Å². The summed E-state index contributed by atoms with van der Waals surface area (Å²) in [4.78, 5) is 0. The number of halogens is 3. The van der Waals surface area contributed by atoms with Crippen molar-refractivity contribution in [3.05, 3.63) is 23.8 Å². The summed E-state index contributed by atoms with van der Waals surface area (Å²) in [6.45, 7) is 0. The van der Waals surface area contributed by atoms with Crippen LogP contribution in [-0.4, -0.2) is 17.5 Å². The highest BCUT2D eigenvalue weighted by atomic mass is 32.2. The monoisotopic (exact) mass is 290 g/mol. The molecule has 2 unspecified atom stereocenters. The lowest BCUT2D eigenvalue weighted by Crippen LogP contribution is -2.26. The van der Waals surface area contributed by atoms with Crippen LogP contribution in [0.1, 0.15) is 24.8 Å². The van der Waals surface area contributed by atoms with Crippen LogP contribution < -0.4 is 11.1 Å². The minimum absolute atomic E-state index is 0.154. The van der Waals surface area contributed by atoms with Gasteiger partial charge < -0.3 is 11.1 Å². The number of alkyl halides is 3. The van der Waals surface area contributed by atoms with Gasteiger partial charge in [0.1, 0.15) is 0 Å². The zero-order chi connectivity index (χ0) is 14.0. The lowest BCUT2D eigenvalue weighted by atomic mass is 10.1. The van der Waals surface area contributed by atoms with Crippen molar-refractivity contribution >= 4 is 23.1 Å². The first kappa shape index (κ1) is 14.4. The Bertz CT molecular complexity index is 448. The SMILES string of the molecule is CSC1CCCC1Nc1ccc(C(F)(F)F)cc1N. The van der Waals surface area contributed by atoms with E-state index in [-0.39, 0.29) is 11.7 Å². The molecule has 0 aromatic heterocycles. The molecule has 2 atom stereocenters. The Hall–Kier alpha value is -1.04. The molecule has 0 bridgehead atoms. The summed E-state index contributed by atoms with van der Waals surface area (Å²) in [5.74, 6) is 0. The first-order valence-electron chi connectivity index (χ1n) is 6.18. The minimum atomic E-state index is -4.35. The van der Waals surface area contributed by atoms with E-state index in [0.717, 1.165) is 31.4 Å². The molecule has 0 amide bonds. The van der Waals surface area contributed by atoms with Gasteiger partial charge >= 0.3 is 6.18 Å². The van der Waals surface area contributed by atoms with Crippen molar-refractivity contribution in [3.8, 4) is 0 Å². The number of rotatable bonds is 3. The molecular formula is C13H17F3N2S. The zero-order valence-electron chi connectivity index (χ0n) is 10.6. The number of thioether (sulfide) groups is 1. The molecule has 3 N–H and O–H groups in total. The van der Waals surface area contributed by atoms with Crippen molar-refractivity contribution in [3.63, 3.8) is 0 Å². The van der Waals surface area contributed by atoms with E-state index in [1.54, 1.807) is 11.8 Å². The smallest absolute Gasteiger partial charge is 0.397 e. The van der Waals surface area contributed by atoms with Gasteiger partial charge in [-0.25, -0.2) is 0 Å². The van der Waals surface area contributed by atoms with Crippen molar-refractivity contribution in [1.82, 2.24) is 0 Å². The number of anilines is 2. The molecule has 0 aliphatic heterocycles. The molecule has 0 saturated heterocycles. The van der Waals surface area contributed by atoms with Gasteiger partial charge in [-0.3, -0.25) is 0 Å². The molecule has 2 nitrogen and oxygen atoms in total. The van der Waals surface area contributed by atoms with Crippen LogP contribution in [0.2, 0.25) is 0 Å². The average molecular weight is 290 g/mol. The van der Waals surface area contributed by atoms with E-state index in [0.29, 0.717) is 10.9 Å². The number of nitrogens with two attached hydrogens (primary N) is 1. The predicted molar refractivity (Wildman–Crippen MR) is 74.4 cm³/mol. The molecular weight excluding hydrogens is 273 g/mol. The highest BCUT2D eigenvalue weighted by Gasteiger charge is 2.31. The van der Waals surface area contributed by atoms with E-state index >= 15 is 0 Å². The van der Waals surface area contributed by atoms with Crippen LogP contribution in [0, 0.1) is 0 Å². The van der Waals surface area contributed by atoms with Gasteiger partial charge in [-0.15, -0.1) is 0 Å². The van der Waals surface area contributed by atoms with Crippen LogP contribution in [0.25, 0.3) is 0 Å². The van der Waals surface area contributed by atoms with Crippen LogP contribution >= 0.6 is 11.8 Å². The van der Waals surface area contributed by atoms with Crippen LogP contribution in [0.5, 0.6) is 0 Å². The lowest BCUT2D eigenvalue weighted by molar-refractivity contribution is -0.137. The highest BCUT2D eigenvalue weighted by molar-refractivity contribution is 7.99.